The number of nitrogens with one attached hydrogen (secondary N) is 1. The minimum atomic E-state index is -1.07. The van der Waals surface area contributed by atoms with Crippen LogP contribution < -0.4 is 11.1 Å². The molecule has 5 N–H and O–H groups in total. The molecule has 0 fully saturated rings. The van der Waals surface area contributed by atoms with Gasteiger partial charge in [0.15, 0.2) is 0 Å². The maximum Gasteiger partial charge on any atom is 0.135 e. The number of hydrogen-bond donors (Lipinski definition) is 4. The first-order valence-electron chi connectivity index (χ1n) is 4.98. The molecule has 1 rings (SSSR count). The zero-order valence-corrected chi connectivity index (χ0v) is 9.78. The largest absolute Gasteiger partial charge is 0.397 e. The highest BCUT2D eigenvalue weighted by molar-refractivity contribution is 6.30. The van der Waals surface area contributed by atoms with E-state index in [1.165, 1.54) is 12.3 Å². The number of aromatic nitrogens is 1. The molecule has 0 saturated heterocycles. The van der Waals surface area contributed by atoms with Gasteiger partial charge in [-0.1, -0.05) is 11.6 Å². The Hall–Kier alpha value is -0.880. The fourth-order valence-electron chi connectivity index (χ4n) is 1.35. The highest BCUT2D eigenvalue weighted by Gasteiger charge is 2.21. The molecular formula is C10H16ClN3O2. The van der Waals surface area contributed by atoms with E-state index in [2.05, 4.69) is 10.3 Å². The summed E-state index contributed by atoms with van der Waals surface area (Å²) >= 11 is 5.82. The predicted molar refractivity (Wildman–Crippen MR) is 63.2 cm³/mol. The summed E-state index contributed by atoms with van der Waals surface area (Å²) in [6.07, 6.45) is -0.146. The molecule has 1 heterocycles. The van der Waals surface area contributed by atoms with Gasteiger partial charge >= 0.3 is 0 Å². The summed E-state index contributed by atoms with van der Waals surface area (Å²) in [6, 6.07) is 1.52. The monoisotopic (exact) mass is 245 g/mol. The van der Waals surface area contributed by atoms with Gasteiger partial charge in [0.2, 0.25) is 0 Å². The fraction of sp³-hybridized carbons (Fsp3) is 0.500. The van der Waals surface area contributed by atoms with Crippen LogP contribution in [0.5, 0.6) is 0 Å². The lowest BCUT2D eigenvalue weighted by Gasteiger charge is -2.18. The summed E-state index contributed by atoms with van der Waals surface area (Å²) in [4.78, 5) is 3.82. The number of rotatable bonds is 5. The van der Waals surface area contributed by atoms with E-state index in [-0.39, 0.29) is 5.15 Å². The quantitative estimate of drug-likeness (QED) is 0.561. The molecule has 0 saturated carbocycles. The second kappa shape index (κ2) is 6.00. The smallest absolute Gasteiger partial charge is 0.135 e. The Morgan fingerprint density at radius 1 is 1.56 bits per heavy atom. The molecule has 0 spiro atoms. The van der Waals surface area contributed by atoms with Crippen LogP contribution in [0, 0.1) is 0 Å². The molecule has 90 valence electrons. The fourth-order valence-corrected chi connectivity index (χ4v) is 1.56. The molecule has 0 amide bonds. The summed E-state index contributed by atoms with van der Waals surface area (Å²) in [5.74, 6) is 0. The van der Waals surface area contributed by atoms with Crippen molar-refractivity contribution in [2.24, 2.45) is 0 Å². The molecule has 0 bridgehead atoms. The number of pyridine rings is 1. The lowest BCUT2D eigenvalue weighted by atomic mass is 10.0. The standard InChI is InChI=1S/C10H16ClN3O2/c1-13-3-2-8(15)9(16)7-4-6(12)5-14-10(7)11/h4-5,8-9,13,15-16H,2-3,12H2,1H3. The first kappa shape index (κ1) is 13.2. The van der Waals surface area contributed by atoms with E-state index in [0.717, 1.165) is 0 Å². The third-order valence-corrected chi connectivity index (χ3v) is 2.58. The van der Waals surface area contributed by atoms with Crippen molar-refractivity contribution >= 4 is 17.3 Å². The first-order valence-corrected chi connectivity index (χ1v) is 5.35. The molecular weight excluding hydrogens is 230 g/mol. The maximum absolute atomic E-state index is 9.86. The zero-order chi connectivity index (χ0) is 12.1. The lowest BCUT2D eigenvalue weighted by Crippen LogP contribution is -2.23. The van der Waals surface area contributed by atoms with Crippen LogP contribution in [0.1, 0.15) is 18.1 Å². The Morgan fingerprint density at radius 3 is 2.88 bits per heavy atom. The molecule has 0 aliphatic rings. The van der Waals surface area contributed by atoms with Crippen molar-refractivity contribution in [1.29, 1.82) is 0 Å². The number of nitrogens with two attached hydrogens (primary N) is 1. The van der Waals surface area contributed by atoms with Gasteiger partial charge < -0.3 is 21.3 Å². The molecule has 0 aliphatic heterocycles. The molecule has 2 atom stereocenters. The molecule has 0 radical (unpaired) electrons. The Balaban J connectivity index is 2.78. The number of nitrogens with zero attached hydrogens (tertiary/aromatic N) is 1. The highest BCUT2D eigenvalue weighted by Crippen LogP contribution is 2.26. The first-order chi connectivity index (χ1) is 7.56. The summed E-state index contributed by atoms with van der Waals surface area (Å²) in [5, 5.41) is 22.6. The molecule has 16 heavy (non-hydrogen) atoms. The van der Waals surface area contributed by atoms with Crippen LogP contribution in [0.4, 0.5) is 5.69 Å². The number of anilines is 1. The summed E-state index contributed by atoms with van der Waals surface area (Å²) in [6.45, 7) is 0.603. The zero-order valence-electron chi connectivity index (χ0n) is 9.02. The lowest BCUT2D eigenvalue weighted by molar-refractivity contribution is 0.0139. The van der Waals surface area contributed by atoms with Gasteiger partial charge in [-0.05, 0) is 26.1 Å². The number of halogens is 1. The summed E-state index contributed by atoms with van der Waals surface area (Å²) < 4.78 is 0. The van der Waals surface area contributed by atoms with E-state index < -0.39 is 12.2 Å². The van der Waals surface area contributed by atoms with Gasteiger partial charge in [-0.15, -0.1) is 0 Å². The van der Waals surface area contributed by atoms with Gasteiger partial charge in [0.1, 0.15) is 11.3 Å². The minimum Gasteiger partial charge on any atom is -0.397 e. The normalized spacial score (nSPS) is 14.8. The van der Waals surface area contributed by atoms with Crippen LogP contribution in [0.15, 0.2) is 12.3 Å². The average Bonchev–Trinajstić information content (AvgIpc) is 2.28. The molecule has 1 aromatic heterocycles. The van der Waals surface area contributed by atoms with E-state index in [4.69, 9.17) is 17.3 Å². The summed E-state index contributed by atoms with van der Waals surface area (Å²) in [7, 11) is 1.77. The van der Waals surface area contributed by atoms with Crippen molar-refractivity contribution in [3.8, 4) is 0 Å². The van der Waals surface area contributed by atoms with Crippen LogP contribution in [0.25, 0.3) is 0 Å². The molecule has 2 unspecified atom stereocenters. The van der Waals surface area contributed by atoms with Crippen LogP contribution in [0.2, 0.25) is 5.15 Å². The molecule has 5 nitrogen and oxygen atoms in total. The van der Waals surface area contributed by atoms with Gasteiger partial charge in [-0.3, -0.25) is 0 Å². The van der Waals surface area contributed by atoms with Gasteiger partial charge in [0.05, 0.1) is 18.0 Å². The molecule has 0 aromatic carbocycles. The summed E-state index contributed by atoms with van der Waals surface area (Å²) in [5.41, 5.74) is 6.29. The molecule has 6 heteroatoms. The number of hydrogen-bond acceptors (Lipinski definition) is 5. The van der Waals surface area contributed by atoms with Gasteiger partial charge in [-0.25, -0.2) is 4.98 Å². The van der Waals surface area contributed by atoms with E-state index >= 15 is 0 Å². The highest BCUT2D eigenvalue weighted by atomic mass is 35.5. The predicted octanol–water partition coefficient (Wildman–Crippen LogP) is 0.321. The number of aliphatic hydroxyl groups excluding tert-OH is 2. The van der Waals surface area contributed by atoms with Crippen molar-refractivity contribution in [3.05, 3.63) is 23.0 Å². The third kappa shape index (κ3) is 3.31. The average molecular weight is 246 g/mol. The van der Waals surface area contributed by atoms with E-state index in [0.29, 0.717) is 24.2 Å². The van der Waals surface area contributed by atoms with Crippen molar-refractivity contribution in [3.63, 3.8) is 0 Å². The second-order valence-electron chi connectivity index (χ2n) is 3.55. The van der Waals surface area contributed by atoms with Crippen molar-refractivity contribution in [2.75, 3.05) is 19.3 Å². The minimum absolute atomic E-state index is 0.158. The van der Waals surface area contributed by atoms with Crippen molar-refractivity contribution < 1.29 is 10.2 Å². The Labute approximate surface area is 99.3 Å². The number of nitrogen functional groups attached to an aromatic ring is 1. The number of aliphatic hydroxyl groups is 2. The molecule has 0 aliphatic carbocycles. The van der Waals surface area contributed by atoms with Gasteiger partial charge in [0, 0.05) is 5.56 Å². The Kier molecular flexibility index (Phi) is 4.95. The van der Waals surface area contributed by atoms with Crippen LogP contribution >= 0.6 is 11.6 Å². The van der Waals surface area contributed by atoms with Crippen molar-refractivity contribution in [1.82, 2.24) is 10.3 Å². The topological polar surface area (TPSA) is 91.4 Å². The second-order valence-corrected chi connectivity index (χ2v) is 3.91. The molecule has 1 aromatic rings. The van der Waals surface area contributed by atoms with E-state index in [1.54, 1.807) is 7.05 Å². The van der Waals surface area contributed by atoms with Gasteiger partial charge in [-0.2, -0.15) is 0 Å². The van der Waals surface area contributed by atoms with Crippen molar-refractivity contribution in [2.45, 2.75) is 18.6 Å². The Bertz CT molecular complexity index is 349. The van der Waals surface area contributed by atoms with Crippen LogP contribution in [-0.2, 0) is 0 Å². The SMILES string of the molecule is CNCCC(O)C(O)c1cc(N)cnc1Cl. The van der Waals surface area contributed by atoms with E-state index in [9.17, 15) is 10.2 Å². The van der Waals surface area contributed by atoms with Crippen LogP contribution in [0.3, 0.4) is 0 Å². The Morgan fingerprint density at radius 2 is 2.25 bits per heavy atom. The maximum atomic E-state index is 9.86. The van der Waals surface area contributed by atoms with E-state index in [1.807, 2.05) is 0 Å². The third-order valence-electron chi connectivity index (χ3n) is 2.26. The van der Waals surface area contributed by atoms with Crippen LogP contribution in [-0.4, -0.2) is 34.9 Å². The van der Waals surface area contributed by atoms with Gasteiger partial charge in [0.25, 0.3) is 0 Å².